The Morgan fingerprint density at radius 1 is 1.57 bits per heavy atom. The third kappa shape index (κ3) is 2.14. The molecule has 1 fully saturated rings. The highest BCUT2D eigenvalue weighted by Crippen LogP contribution is 2.08. The number of methoxy groups -OCH3 is 1. The molecule has 6 heteroatoms. The lowest BCUT2D eigenvalue weighted by atomic mass is 10.2. The third-order valence-electron chi connectivity index (χ3n) is 2.09. The standard InChI is InChI=1S/C8H14N2O4/c1-9-7(11)6-5-14-4-3-10(6)8(12)13-2/h6H,3-5H2,1-2H3,(H,9,11). The molecule has 1 rings (SSSR count). The Morgan fingerprint density at radius 2 is 2.29 bits per heavy atom. The maximum Gasteiger partial charge on any atom is 0.410 e. The fourth-order valence-corrected chi connectivity index (χ4v) is 1.32. The molecule has 14 heavy (non-hydrogen) atoms. The van der Waals surface area contributed by atoms with Crippen molar-refractivity contribution < 1.29 is 19.1 Å². The number of carbonyl (C=O) groups is 2. The summed E-state index contributed by atoms with van der Waals surface area (Å²) in [5.74, 6) is -0.241. The van der Waals surface area contributed by atoms with Gasteiger partial charge in [-0.2, -0.15) is 0 Å². The number of nitrogens with zero attached hydrogens (tertiary/aromatic N) is 1. The Morgan fingerprint density at radius 3 is 2.86 bits per heavy atom. The lowest BCUT2D eigenvalue weighted by Crippen LogP contribution is -2.55. The van der Waals surface area contributed by atoms with Gasteiger partial charge in [0.05, 0.1) is 20.3 Å². The van der Waals surface area contributed by atoms with E-state index < -0.39 is 12.1 Å². The zero-order valence-electron chi connectivity index (χ0n) is 8.28. The highest BCUT2D eigenvalue weighted by molar-refractivity contribution is 5.85. The molecule has 0 bridgehead atoms. The van der Waals surface area contributed by atoms with Crippen molar-refractivity contribution in [1.29, 1.82) is 0 Å². The Bertz CT molecular complexity index is 207. The molecule has 1 saturated heterocycles. The monoisotopic (exact) mass is 202 g/mol. The predicted octanol–water partition coefficient (Wildman–Crippen LogP) is -0.800. The molecule has 1 unspecified atom stereocenters. The SMILES string of the molecule is CNC(=O)C1COCCN1C(=O)OC. The number of ether oxygens (including phenoxy) is 2. The lowest BCUT2D eigenvalue weighted by molar-refractivity contribution is -0.130. The first kappa shape index (κ1) is 10.8. The number of amides is 2. The zero-order chi connectivity index (χ0) is 10.6. The Kier molecular flexibility index (Phi) is 3.70. The van der Waals surface area contributed by atoms with Crippen LogP contribution in [-0.4, -0.2) is 56.9 Å². The topological polar surface area (TPSA) is 67.9 Å². The van der Waals surface area contributed by atoms with Crippen molar-refractivity contribution >= 4 is 12.0 Å². The van der Waals surface area contributed by atoms with Crippen molar-refractivity contribution in [3.8, 4) is 0 Å². The maximum atomic E-state index is 11.4. The highest BCUT2D eigenvalue weighted by Gasteiger charge is 2.32. The zero-order valence-corrected chi connectivity index (χ0v) is 8.28. The van der Waals surface area contributed by atoms with Crippen molar-refractivity contribution in [1.82, 2.24) is 10.2 Å². The molecule has 0 aromatic carbocycles. The van der Waals surface area contributed by atoms with Crippen LogP contribution >= 0.6 is 0 Å². The molecular formula is C8H14N2O4. The van der Waals surface area contributed by atoms with Crippen LogP contribution in [0.4, 0.5) is 4.79 Å². The van der Waals surface area contributed by atoms with Gasteiger partial charge in [-0.1, -0.05) is 0 Å². The normalized spacial score (nSPS) is 21.6. The van der Waals surface area contributed by atoms with Gasteiger partial charge in [0.25, 0.3) is 0 Å². The van der Waals surface area contributed by atoms with Gasteiger partial charge < -0.3 is 14.8 Å². The van der Waals surface area contributed by atoms with Crippen LogP contribution in [0, 0.1) is 0 Å². The van der Waals surface area contributed by atoms with Crippen LogP contribution < -0.4 is 5.32 Å². The molecular weight excluding hydrogens is 188 g/mol. The molecule has 1 heterocycles. The first-order valence-corrected chi connectivity index (χ1v) is 4.34. The smallest absolute Gasteiger partial charge is 0.410 e. The van der Waals surface area contributed by atoms with E-state index in [1.807, 2.05) is 0 Å². The van der Waals surface area contributed by atoms with Crippen LogP contribution in [0.15, 0.2) is 0 Å². The first-order valence-electron chi connectivity index (χ1n) is 4.34. The largest absolute Gasteiger partial charge is 0.453 e. The second-order valence-electron chi connectivity index (χ2n) is 2.87. The number of likely N-dealkylation sites (N-methyl/N-ethyl adjacent to an activating group) is 1. The molecule has 1 aliphatic heterocycles. The van der Waals surface area contributed by atoms with Crippen molar-refractivity contribution in [2.24, 2.45) is 0 Å². The van der Waals surface area contributed by atoms with Gasteiger partial charge in [-0.05, 0) is 0 Å². The minimum atomic E-state index is -0.582. The molecule has 80 valence electrons. The first-order chi connectivity index (χ1) is 6.70. The highest BCUT2D eigenvalue weighted by atomic mass is 16.5. The van der Waals surface area contributed by atoms with E-state index in [4.69, 9.17) is 4.74 Å². The van der Waals surface area contributed by atoms with Gasteiger partial charge in [0.15, 0.2) is 0 Å². The van der Waals surface area contributed by atoms with E-state index in [-0.39, 0.29) is 12.5 Å². The van der Waals surface area contributed by atoms with Gasteiger partial charge in [-0.3, -0.25) is 9.69 Å². The van der Waals surface area contributed by atoms with Crippen LogP contribution in [0.1, 0.15) is 0 Å². The average molecular weight is 202 g/mol. The Hall–Kier alpha value is -1.30. The minimum absolute atomic E-state index is 0.217. The van der Waals surface area contributed by atoms with Gasteiger partial charge in [0.2, 0.25) is 5.91 Å². The minimum Gasteiger partial charge on any atom is -0.453 e. The number of nitrogens with one attached hydrogen (secondary N) is 1. The summed E-state index contributed by atoms with van der Waals surface area (Å²) < 4.78 is 9.69. The van der Waals surface area contributed by atoms with Crippen LogP contribution in [0.3, 0.4) is 0 Å². The molecule has 0 saturated carbocycles. The molecule has 2 amide bonds. The second-order valence-corrected chi connectivity index (χ2v) is 2.87. The van der Waals surface area contributed by atoms with Crippen molar-refractivity contribution in [2.75, 3.05) is 33.9 Å². The van der Waals surface area contributed by atoms with Crippen molar-refractivity contribution in [3.63, 3.8) is 0 Å². The fourth-order valence-electron chi connectivity index (χ4n) is 1.32. The van der Waals surface area contributed by atoms with E-state index in [1.165, 1.54) is 19.1 Å². The van der Waals surface area contributed by atoms with E-state index in [0.717, 1.165) is 0 Å². The number of carbonyl (C=O) groups excluding carboxylic acids is 2. The molecule has 0 aliphatic carbocycles. The van der Waals surface area contributed by atoms with E-state index in [2.05, 4.69) is 10.1 Å². The van der Waals surface area contributed by atoms with Gasteiger partial charge in [0.1, 0.15) is 6.04 Å². The van der Waals surface area contributed by atoms with E-state index in [1.54, 1.807) is 0 Å². The van der Waals surface area contributed by atoms with Gasteiger partial charge in [-0.25, -0.2) is 4.79 Å². The van der Waals surface area contributed by atoms with Gasteiger partial charge >= 0.3 is 6.09 Å². The molecule has 0 aromatic heterocycles. The summed E-state index contributed by atoms with van der Waals surface area (Å²) >= 11 is 0. The molecule has 1 atom stereocenters. The Balaban J connectivity index is 2.68. The lowest BCUT2D eigenvalue weighted by Gasteiger charge is -2.32. The fraction of sp³-hybridized carbons (Fsp3) is 0.750. The molecule has 6 nitrogen and oxygen atoms in total. The molecule has 1 N–H and O–H groups in total. The van der Waals surface area contributed by atoms with E-state index >= 15 is 0 Å². The summed E-state index contributed by atoms with van der Waals surface area (Å²) in [6.07, 6.45) is -0.498. The van der Waals surface area contributed by atoms with Crippen LogP contribution in [0.5, 0.6) is 0 Å². The van der Waals surface area contributed by atoms with E-state index in [0.29, 0.717) is 13.2 Å². The van der Waals surface area contributed by atoms with Crippen LogP contribution in [-0.2, 0) is 14.3 Å². The summed E-state index contributed by atoms with van der Waals surface area (Å²) in [6.45, 7) is 1.03. The number of morpholine rings is 1. The summed E-state index contributed by atoms with van der Waals surface area (Å²) in [6, 6.07) is -0.582. The molecule has 0 radical (unpaired) electrons. The summed E-state index contributed by atoms with van der Waals surface area (Å²) in [4.78, 5) is 24.0. The summed E-state index contributed by atoms with van der Waals surface area (Å²) in [5.41, 5.74) is 0. The van der Waals surface area contributed by atoms with Crippen molar-refractivity contribution in [3.05, 3.63) is 0 Å². The number of hydrogen-bond donors (Lipinski definition) is 1. The third-order valence-corrected chi connectivity index (χ3v) is 2.09. The quantitative estimate of drug-likeness (QED) is 0.604. The predicted molar refractivity (Wildman–Crippen MR) is 47.8 cm³/mol. The average Bonchev–Trinajstić information content (AvgIpc) is 2.27. The molecule has 0 aromatic rings. The second kappa shape index (κ2) is 4.80. The van der Waals surface area contributed by atoms with Gasteiger partial charge in [-0.15, -0.1) is 0 Å². The number of rotatable bonds is 1. The molecule has 0 spiro atoms. The van der Waals surface area contributed by atoms with Crippen LogP contribution in [0.2, 0.25) is 0 Å². The van der Waals surface area contributed by atoms with Crippen LogP contribution in [0.25, 0.3) is 0 Å². The van der Waals surface area contributed by atoms with E-state index in [9.17, 15) is 9.59 Å². The summed E-state index contributed by atoms with van der Waals surface area (Å²) in [7, 11) is 2.81. The number of hydrogen-bond acceptors (Lipinski definition) is 4. The Labute approximate surface area is 82.1 Å². The molecule has 1 aliphatic rings. The van der Waals surface area contributed by atoms with Gasteiger partial charge in [0, 0.05) is 13.6 Å². The van der Waals surface area contributed by atoms with Crippen molar-refractivity contribution in [2.45, 2.75) is 6.04 Å². The summed E-state index contributed by atoms with van der Waals surface area (Å²) in [5, 5.41) is 2.48. The maximum absolute atomic E-state index is 11.4.